The number of piperazine rings is 1. The Morgan fingerprint density at radius 3 is 2.64 bits per heavy atom. The number of nitrogens with two attached hydrogens (primary N) is 1. The zero-order valence-corrected chi connectivity index (χ0v) is 30.5. The van der Waals surface area contributed by atoms with Crippen LogP contribution in [0.4, 0.5) is 4.39 Å². The Kier molecular flexibility index (Phi) is 11.7. The highest BCUT2D eigenvalue weighted by atomic mass is 35.5. The molecule has 53 heavy (non-hydrogen) atoms. The maximum Gasteiger partial charge on any atom is 0.366 e. The number of benzene rings is 2. The summed E-state index contributed by atoms with van der Waals surface area (Å²) < 4.78 is 37.4. The van der Waals surface area contributed by atoms with Crippen molar-refractivity contribution in [2.75, 3.05) is 46.4 Å². The summed E-state index contributed by atoms with van der Waals surface area (Å²) in [5.74, 6) is -2.08. The molecule has 1 saturated heterocycles. The Hall–Kier alpha value is -4.90. The minimum absolute atomic E-state index is 0.0107. The molecular formula is C37H38ClFN6O7S. The summed E-state index contributed by atoms with van der Waals surface area (Å²) in [5, 5.41) is 28.8. The average Bonchev–Trinajstić information content (AvgIpc) is 3.75. The second-order valence-electron chi connectivity index (χ2n) is 12.4. The molecule has 278 valence electrons. The molecule has 1 aliphatic heterocycles. The lowest BCUT2D eigenvalue weighted by atomic mass is 9.97. The van der Waals surface area contributed by atoms with Crippen LogP contribution in [0.5, 0.6) is 17.4 Å². The van der Waals surface area contributed by atoms with Gasteiger partial charge in [0.25, 0.3) is 6.01 Å². The Morgan fingerprint density at radius 2 is 1.92 bits per heavy atom. The quantitative estimate of drug-likeness (QED) is 0.0635. The topological polar surface area (TPSA) is 180 Å². The van der Waals surface area contributed by atoms with Gasteiger partial charge in [-0.1, -0.05) is 35.9 Å². The molecule has 4 heterocycles. The predicted molar refractivity (Wildman–Crippen MR) is 199 cm³/mol. The number of furan rings is 1. The summed E-state index contributed by atoms with van der Waals surface area (Å²) in [5.41, 5.74) is 7.44. The van der Waals surface area contributed by atoms with E-state index in [-0.39, 0.29) is 23.8 Å². The van der Waals surface area contributed by atoms with Crippen molar-refractivity contribution in [3.05, 3.63) is 88.8 Å². The highest BCUT2D eigenvalue weighted by Crippen LogP contribution is 2.49. The molecule has 1 fully saturated rings. The zero-order valence-electron chi connectivity index (χ0n) is 28.9. The molecule has 16 heteroatoms. The number of halogens is 2. The van der Waals surface area contributed by atoms with Gasteiger partial charge >= 0.3 is 5.97 Å². The van der Waals surface area contributed by atoms with Gasteiger partial charge in [-0.15, -0.1) is 11.3 Å². The molecule has 0 bridgehead atoms. The Labute approximate surface area is 313 Å². The van der Waals surface area contributed by atoms with E-state index in [1.54, 1.807) is 24.3 Å². The molecular weight excluding hydrogens is 727 g/mol. The first-order valence-corrected chi connectivity index (χ1v) is 17.8. The second-order valence-corrected chi connectivity index (χ2v) is 13.8. The van der Waals surface area contributed by atoms with E-state index in [2.05, 4.69) is 26.8 Å². The average molecular weight is 765 g/mol. The van der Waals surface area contributed by atoms with Crippen molar-refractivity contribution in [1.82, 2.24) is 19.8 Å². The van der Waals surface area contributed by atoms with Crippen molar-refractivity contribution in [3.8, 4) is 39.1 Å². The number of aliphatic hydroxyl groups is 2. The predicted octanol–water partition coefficient (Wildman–Crippen LogP) is 5.04. The zero-order chi connectivity index (χ0) is 37.7. The van der Waals surface area contributed by atoms with Gasteiger partial charge in [-0.3, -0.25) is 9.69 Å². The molecule has 13 nitrogen and oxygen atoms in total. The largest absolute Gasteiger partial charge is 0.491 e. The fourth-order valence-electron chi connectivity index (χ4n) is 5.92. The SMILES string of the molecule is Cc1c(-c2c(-c3ccc(F)o3)sc3ncnc(OC(C=O)Cc4ccccc4OC(O)(O)/C(N)=C/C=N)c23)ccc(OCCN2CCN(C)CC2)c1Cl. The standard InChI is InChI=1S/C37H38ClFN6O7S/c1-22-25(7-8-27(33(22)38)49-18-17-45-15-13-44(2)14-16-45)31-32-35(42-21-43-36(32)53-34(31)28-9-10-30(39)51-28)50-24(20-46)19-23-5-3-4-6-26(23)52-37(47,48)29(41)11-12-40/h3-12,20-21,24,40,47-48H,13-19,41H2,1-2H3/b29-11-,40-12?. The van der Waals surface area contributed by atoms with Crippen molar-refractivity contribution in [2.24, 2.45) is 5.73 Å². The fourth-order valence-corrected chi connectivity index (χ4v) is 7.25. The highest BCUT2D eigenvalue weighted by Gasteiger charge is 2.31. The van der Waals surface area contributed by atoms with E-state index in [9.17, 15) is 19.4 Å². The molecule has 0 aliphatic carbocycles. The third-order valence-electron chi connectivity index (χ3n) is 8.83. The van der Waals surface area contributed by atoms with E-state index in [0.29, 0.717) is 61.0 Å². The molecule has 1 atom stereocenters. The first kappa shape index (κ1) is 37.8. The van der Waals surface area contributed by atoms with Crippen LogP contribution in [0, 0.1) is 18.3 Å². The lowest BCUT2D eigenvalue weighted by Gasteiger charge is -2.32. The van der Waals surface area contributed by atoms with Crippen LogP contribution in [0.1, 0.15) is 11.1 Å². The molecule has 6 rings (SSSR count). The van der Waals surface area contributed by atoms with E-state index in [0.717, 1.165) is 45.0 Å². The Bertz CT molecular complexity index is 2130. The minimum atomic E-state index is -2.93. The number of carbonyl (C=O) groups is 1. The van der Waals surface area contributed by atoms with Crippen LogP contribution in [0.25, 0.3) is 32.0 Å². The van der Waals surface area contributed by atoms with Gasteiger partial charge in [0, 0.05) is 57.0 Å². The summed E-state index contributed by atoms with van der Waals surface area (Å²) in [6.45, 7) is 7.01. The molecule has 1 aliphatic rings. The van der Waals surface area contributed by atoms with Gasteiger partial charge in [-0.25, -0.2) is 9.97 Å². The number of likely N-dealkylation sites (N-methyl/N-ethyl adjacent to an activating group) is 1. The van der Waals surface area contributed by atoms with Gasteiger partial charge in [0.2, 0.25) is 5.88 Å². The highest BCUT2D eigenvalue weighted by molar-refractivity contribution is 7.22. The maximum atomic E-state index is 14.2. The molecule has 0 spiro atoms. The van der Waals surface area contributed by atoms with E-state index in [1.165, 1.54) is 35.9 Å². The molecule has 0 amide bonds. The Balaban J connectivity index is 1.33. The van der Waals surface area contributed by atoms with E-state index in [4.69, 9.17) is 41.4 Å². The number of aldehydes is 1. The first-order valence-electron chi connectivity index (χ1n) is 16.7. The number of nitrogens with zero attached hydrogens (tertiary/aromatic N) is 4. The number of nitrogens with one attached hydrogen (secondary N) is 1. The van der Waals surface area contributed by atoms with Crippen molar-refractivity contribution < 1.29 is 38.0 Å². The molecule has 3 aromatic heterocycles. The van der Waals surface area contributed by atoms with Crippen LogP contribution in [-0.2, 0) is 11.2 Å². The lowest BCUT2D eigenvalue weighted by molar-refractivity contribution is -0.263. The number of hydrogen-bond donors (Lipinski definition) is 4. The third-order valence-corrected chi connectivity index (χ3v) is 10.4. The normalized spacial score (nSPS) is 15.0. The van der Waals surface area contributed by atoms with Crippen LogP contribution >= 0.6 is 22.9 Å². The minimum Gasteiger partial charge on any atom is -0.491 e. The van der Waals surface area contributed by atoms with Crippen LogP contribution in [0.3, 0.4) is 0 Å². The van der Waals surface area contributed by atoms with Crippen LogP contribution in [0.15, 0.2) is 71.0 Å². The van der Waals surface area contributed by atoms with Crippen LogP contribution in [-0.4, -0.2) is 101 Å². The summed E-state index contributed by atoms with van der Waals surface area (Å²) in [6, 6.07) is 12.0. The van der Waals surface area contributed by atoms with Gasteiger partial charge in [-0.2, -0.15) is 4.39 Å². The van der Waals surface area contributed by atoms with E-state index < -0.39 is 23.8 Å². The monoisotopic (exact) mass is 764 g/mol. The number of rotatable bonds is 15. The molecule has 2 aromatic carbocycles. The number of ether oxygens (including phenoxy) is 3. The molecule has 5 N–H and O–H groups in total. The molecule has 5 aromatic rings. The van der Waals surface area contributed by atoms with Gasteiger partial charge in [0.1, 0.15) is 40.7 Å². The number of allylic oxidation sites excluding steroid dienone is 1. The molecule has 0 radical (unpaired) electrons. The molecule has 1 unspecified atom stereocenters. The number of aromatic nitrogens is 2. The number of carbonyl (C=O) groups excluding carboxylic acids is 1. The first-order chi connectivity index (χ1) is 25.5. The lowest BCUT2D eigenvalue weighted by Crippen LogP contribution is -2.45. The third kappa shape index (κ3) is 8.51. The van der Waals surface area contributed by atoms with Gasteiger partial charge in [0.15, 0.2) is 12.4 Å². The van der Waals surface area contributed by atoms with Crippen molar-refractivity contribution in [3.63, 3.8) is 0 Å². The molecule has 0 saturated carbocycles. The number of para-hydroxylation sites is 1. The number of hydrogen-bond acceptors (Lipinski definition) is 14. The van der Waals surface area contributed by atoms with E-state index >= 15 is 0 Å². The number of fused-ring (bicyclic) bond motifs is 1. The summed E-state index contributed by atoms with van der Waals surface area (Å²) in [7, 11) is 2.11. The maximum absolute atomic E-state index is 14.2. The van der Waals surface area contributed by atoms with Crippen molar-refractivity contribution in [2.45, 2.75) is 25.4 Å². The second kappa shape index (κ2) is 16.4. The fraction of sp³-hybridized carbons (Fsp3) is 0.297. The van der Waals surface area contributed by atoms with Gasteiger partial charge in [0.05, 0.1) is 15.3 Å². The van der Waals surface area contributed by atoms with Crippen LogP contribution in [0.2, 0.25) is 5.02 Å². The summed E-state index contributed by atoms with van der Waals surface area (Å²) in [6.07, 6.45) is 2.42. The van der Waals surface area contributed by atoms with Crippen molar-refractivity contribution >= 4 is 45.7 Å². The summed E-state index contributed by atoms with van der Waals surface area (Å²) in [4.78, 5) is 27.0. The van der Waals surface area contributed by atoms with Crippen LogP contribution < -0.4 is 19.9 Å². The number of thiophene rings is 1. The van der Waals surface area contributed by atoms with Crippen molar-refractivity contribution in [1.29, 1.82) is 5.41 Å². The summed E-state index contributed by atoms with van der Waals surface area (Å²) >= 11 is 8.17. The Morgan fingerprint density at radius 1 is 1.15 bits per heavy atom. The smallest absolute Gasteiger partial charge is 0.366 e. The van der Waals surface area contributed by atoms with Gasteiger partial charge < -0.3 is 44.9 Å². The van der Waals surface area contributed by atoms with Gasteiger partial charge in [-0.05, 0) is 54.9 Å². The van der Waals surface area contributed by atoms with E-state index in [1.807, 2.05) is 13.0 Å².